The first kappa shape index (κ1) is 18.2. The molecule has 2 saturated heterocycles. The second kappa shape index (κ2) is 6.61. The van der Waals surface area contributed by atoms with Gasteiger partial charge in [0.25, 0.3) is 20.2 Å². The van der Waals surface area contributed by atoms with Gasteiger partial charge >= 0.3 is 0 Å². The fourth-order valence-electron chi connectivity index (χ4n) is 3.09. The normalized spacial score (nSPS) is 22.2. The van der Waals surface area contributed by atoms with Gasteiger partial charge < -0.3 is 0 Å². The second-order valence-corrected chi connectivity index (χ2v) is 11.3. The lowest BCUT2D eigenvalue weighted by molar-refractivity contribution is 0.259. The number of piperazine rings is 1. The van der Waals surface area contributed by atoms with E-state index in [2.05, 4.69) is 4.98 Å². The molecular weight excluding hydrogens is 372 g/mol. The lowest BCUT2D eigenvalue weighted by atomic mass is 10.4. The van der Waals surface area contributed by atoms with E-state index in [4.69, 9.17) is 0 Å². The molecule has 0 saturated carbocycles. The third-order valence-electron chi connectivity index (χ3n) is 4.35. The molecule has 136 valence electrons. The van der Waals surface area contributed by atoms with Crippen LogP contribution in [0.5, 0.6) is 0 Å². The molecule has 8 nitrogen and oxygen atoms in total. The van der Waals surface area contributed by atoms with Gasteiger partial charge in [0.2, 0.25) is 0 Å². The predicted molar refractivity (Wildman–Crippen MR) is 91.6 cm³/mol. The van der Waals surface area contributed by atoms with Crippen molar-refractivity contribution in [1.82, 2.24) is 17.9 Å². The van der Waals surface area contributed by atoms with Crippen molar-refractivity contribution in [3.05, 3.63) is 10.7 Å². The van der Waals surface area contributed by atoms with Gasteiger partial charge in [-0.2, -0.15) is 21.3 Å². The molecule has 2 aliphatic heterocycles. The molecule has 1 aromatic heterocycles. The van der Waals surface area contributed by atoms with Crippen LogP contribution in [0.25, 0.3) is 0 Å². The zero-order chi connectivity index (χ0) is 17.5. The molecule has 1 aromatic rings. The quantitative estimate of drug-likeness (QED) is 0.738. The SMILES string of the molecule is Cc1nc(C)c(S(=O)(=O)N2CCN(S(=O)(=O)N3CCCC3)CC2)s1. The molecule has 0 N–H and O–H groups in total. The van der Waals surface area contributed by atoms with Crippen LogP contribution in [0.3, 0.4) is 0 Å². The van der Waals surface area contributed by atoms with Crippen molar-refractivity contribution in [3.63, 3.8) is 0 Å². The number of sulfonamides is 1. The Morgan fingerprint density at radius 3 is 1.83 bits per heavy atom. The number of nitrogens with zero attached hydrogens (tertiary/aromatic N) is 4. The van der Waals surface area contributed by atoms with E-state index in [-0.39, 0.29) is 30.4 Å². The van der Waals surface area contributed by atoms with Crippen LogP contribution in [0.15, 0.2) is 4.21 Å². The molecule has 0 radical (unpaired) electrons. The van der Waals surface area contributed by atoms with E-state index < -0.39 is 20.2 Å². The lowest BCUT2D eigenvalue weighted by Crippen LogP contribution is -2.53. The lowest BCUT2D eigenvalue weighted by Gasteiger charge is -2.34. The van der Waals surface area contributed by atoms with E-state index in [1.54, 1.807) is 13.8 Å². The molecule has 24 heavy (non-hydrogen) atoms. The zero-order valence-electron chi connectivity index (χ0n) is 13.8. The maximum absolute atomic E-state index is 12.8. The minimum absolute atomic E-state index is 0.172. The summed E-state index contributed by atoms with van der Waals surface area (Å²) in [5, 5.41) is 0.710. The highest BCUT2D eigenvalue weighted by Gasteiger charge is 2.37. The third kappa shape index (κ3) is 3.25. The maximum Gasteiger partial charge on any atom is 0.282 e. The Bertz CT molecular complexity index is 804. The number of hydrogen-bond acceptors (Lipinski definition) is 6. The summed E-state index contributed by atoms with van der Waals surface area (Å²) in [7, 11) is -7.07. The smallest absolute Gasteiger partial charge is 0.245 e. The summed E-state index contributed by atoms with van der Waals surface area (Å²) in [6.07, 6.45) is 1.77. The molecule has 0 unspecified atom stereocenters. The first-order valence-electron chi connectivity index (χ1n) is 7.92. The topological polar surface area (TPSA) is 90.9 Å². The van der Waals surface area contributed by atoms with Gasteiger partial charge in [-0.3, -0.25) is 0 Å². The van der Waals surface area contributed by atoms with Crippen LogP contribution in [0.2, 0.25) is 0 Å². The van der Waals surface area contributed by atoms with Crippen LogP contribution < -0.4 is 0 Å². The number of hydrogen-bond donors (Lipinski definition) is 0. The Labute approximate surface area is 147 Å². The molecule has 3 rings (SSSR count). The van der Waals surface area contributed by atoms with Crippen LogP contribution >= 0.6 is 11.3 Å². The third-order valence-corrected chi connectivity index (χ3v) is 9.94. The Kier molecular flexibility index (Phi) is 5.02. The van der Waals surface area contributed by atoms with Gasteiger partial charge in [-0.1, -0.05) is 0 Å². The summed E-state index contributed by atoms with van der Waals surface area (Å²) >= 11 is 1.16. The Morgan fingerprint density at radius 2 is 1.33 bits per heavy atom. The molecule has 0 amide bonds. The van der Waals surface area contributed by atoms with Crippen LogP contribution in [-0.2, 0) is 20.2 Å². The average molecular weight is 395 g/mol. The molecule has 0 atom stereocenters. The summed E-state index contributed by atoms with van der Waals surface area (Å²) in [4.78, 5) is 4.18. The maximum atomic E-state index is 12.8. The van der Waals surface area contributed by atoms with Crippen molar-refractivity contribution in [2.45, 2.75) is 30.9 Å². The number of thiazole rings is 1. The first-order valence-corrected chi connectivity index (χ1v) is 11.6. The Hall–Kier alpha value is -0.590. The molecule has 3 heterocycles. The monoisotopic (exact) mass is 394 g/mol. The van der Waals surface area contributed by atoms with Gasteiger partial charge in [-0.15, -0.1) is 11.3 Å². The summed E-state index contributed by atoms with van der Waals surface area (Å²) < 4.78 is 55.1. The second-order valence-electron chi connectivity index (χ2n) is 6.02. The molecule has 0 bridgehead atoms. The highest BCUT2D eigenvalue weighted by molar-refractivity contribution is 7.91. The van der Waals surface area contributed by atoms with Crippen molar-refractivity contribution in [1.29, 1.82) is 0 Å². The van der Waals surface area contributed by atoms with Crippen molar-refractivity contribution in [3.8, 4) is 0 Å². The number of rotatable bonds is 4. The van der Waals surface area contributed by atoms with Crippen LogP contribution in [0.1, 0.15) is 23.5 Å². The molecule has 0 aromatic carbocycles. The van der Waals surface area contributed by atoms with Crippen molar-refractivity contribution in [2.75, 3.05) is 39.3 Å². The minimum Gasteiger partial charge on any atom is -0.245 e. The van der Waals surface area contributed by atoms with Crippen molar-refractivity contribution < 1.29 is 16.8 Å². The Balaban J connectivity index is 1.72. The van der Waals surface area contributed by atoms with Gasteiger partial charge in [0, 0.05) is 39.3 Å². The molecular formula is C13H22N4O4S3. The van der Waals surface area contributed by atoms with Crippen LogP contribution in [-0.4, -0.2) is 74.0 Å². The molecule has 0 spiro atoms. The fourth-order valence-corrected chi connectivity index (χ4v) is 7.80. The zero-order valence-corrected chi connectivity index (χ0v) is 16.3. The van der Waals surface area contributed by atoms with E-state index >= 15 is 0 Å². The van der Waals surface area contributed by atoms with E-state index in [0.717, 1.165) is 24.2 Å². The van der Waals surface area contributed by atoms with Crippen LogP contribution in [0, 0.1) is 13.8 Å². The summed E-state index contributed by atoms with van der Waals surface area (Å²) in [6, 6.07) is 0. The molecule has 2 fully saturated rings. The first-order chi connectivity index (χ1) is 11.2. The molecule has 0 aliphatic carbocycles. The van der Waals surface area contributed by atoms with E-state index in [1.165, 1.54) is 12.9 Å². The fraction of sp³-hybridized carbons (Fsp3) is 0.769. The Morgan fingerprint density at radius 1 is 0.833 bits per heavy atom. The van der Waals surface area contributed by atoms with Crippen molar-refractivity contribution in [2.24, 2.45) is 0 Å². The van der Waals surface area contributed by atoms with E-state index in [1.807, 2.05) is 0 Å². The van der Waals surface area contributed by atoms with E-state index in [9.17, 15) is 16.8 Å². The van der Waals surface area contributed by atoms with Gasteiger partial charge in [0.15, 0.2) is 4.21 Å². The van der Waals surface area contributed by atoms with Gasteiger partial charge in [-0.05, 0) is 26.7 Å². The van der Waals surface area contributed by atoms with Gasteiger partial charge in [0.1, 0.15) is 0 Å². The van der Waals surface area contributed by atoms with E-state index in [0.29, 0.717) is 23.8 Å². The van der Waals surface area contributed by atoms with Crippen molar-refractivity contribution >= 4 is 31.6 Å². The van der Waals surface area contributed by atoms with Gasteiger partial charge in [0.05, 0.1) is 10.7 Å². The average Bonchev–Trinajstić information content (AvgIpc) is 3.17. The predicted octanol–water partition coefficient (Wildman–Crippen LogP) is 0.407. The summed E-state index contributed by atoms with van der Waals surface area (Å²) in [5.74, 6) is 0. The number of aromatic nitrogens is 1. The summed E-state index contributed by atoms with van der Waals surface area (Å²) in [5.41, 5.74) is 0.504. The van der Waals surface area contributed by atoms with Gasteiger partial charge in [-0.25, -0.2) is 13.4 Å². The highest BCUT2D eigenvalue weighted by Crippen LogP contribution is 2.27. The van der Waals surface area contributed by atoms with Crippen LogP contribution in [0.4, 0.5) is 0 Å². The standard InChI is InChI=1S/C13H22N4O4S3/c1-11-13(22-12(2)14-11)23(18,19)15-7-9-17(10-8-15)24(20,21)16-5-3-4-6-16/h3-10H2,1-2H3. The largest absolute Gasteiger partial charge is 0.282 e. The minimum atomic E-state index is -3.61. The summed E-state index contributed by atoms with van der Waals surface area (Å²) in [6.45, 7) is 5.30. The molecule has 2 aliphatic rings. The molecule has 11 heteroatoms. The highest BCUT2D eigenvalue weighted by atomic mass is 32.2. The number of aryl methyl sites for hydroxylation is 2.